The Hall–Kier alpha value is -3.82. The SMILES string of the molecule is CCCn1cnc(COc2nn3c(-c4cc(C)on4)nnc3c3ccccc23)n1. The number of aryl methyl sites for hydroxylation is 2. The normalized spacial score (nSPS) is 11.5. The highest BCUT2D eigenvalue weighted by Crippen LogP contribution is 2.28. The highest BCUT2D eigenvalue weighted by molar-refractivity contribution is 5.96. The Labute approximate surface area is 165 Å². The minimum atomic E-state index is 0.208. The van der Waals surface area contributed by atoms with Crippen LogP contribution in [-0.4, -0.2) is 39.7 Å². The fourth-order valence-electron chi connectivity index (χ4n) is 3.16. The molecule has 0 unspecified atom stereocenters. The molecular weight excluding hydrogens is 372 g/mol. The van der Waals surface area contributed by atoms with Crippen molar-refractivity contribution in [3.8, 4) is 17.4 Å². The van der Waals surface area contributed by atoms with Gasteiger partial charge in [0.25, 0.3) is 0 Å². The van der Waals surface area contributed by atoms with Crippen LogP contribution in [0.1, 0.15) is 24.9 Å². The highest BCUT2D eigenvalue weighted by Gasteiger charge is 2.18. The molecule has 0 radical (unpaired) electrons. The van der Waals surface area contributed by atoms with Crippen LogP contribution in [0, 0.1) is 6.92 Å². The van der Waals surface area contributed by atoms with Gasteiger partial charge in [0.15, 0.2) is 23.8 Å². The molecule has 0 saturated heterocycles. The van der Waals surface area contributed by atoms with E-state index >= 15 is 0 Å². The first-order valence-electron chi connectivity index (χ1n) is 9.32. The fourth-order valence-corrected chi connectivity index (χ4v) is 3.16. The average Bonchev–Trinajstić information content (AvgIpc) is 3.46. The van der Waals surface area contributed by atoms with E-state index in [0.29, 0.717) is 34.6 Å². The van der Waals surface area contributed by atoms with Gasteiger partial charge in [0, 0.05) is 23.4 Å². The number of fused-ring (bicyclic) bond motifs is 3. The number of ether oxygens (including phenoxy) is 1. The Morgan fingerprint density at radius 1 is 1.10 bits per heavy atom. The molecule has 10 heteroatoms. The number of rotatable bonds is 6. The van der Waals surface area contributed by atoms with E-state index in [2.05, 4.69) is 37.5 Å². The van der Waals surface area contributed by atoms with Crippen LogP contribution in [0.5, 0.6) is 5.88 Å². The zero-order chi connectivity index (χ0) is 19.8. The van der Waals surface area contributed by atoms with E-state index in [9.17, 15) is 0 Å². The molecular formula is C19H18N8O2. The smallest absolute Gasteiger partial charge is 0.240 e. The van der Waals surface area contributed by atoms with Crippen LogP contribution in [0.25, 0.3) is 27.9 Å². The first-order valence-corrected chi connectivity index (χ1v) is 9.32. The fraction of sp³-hybridized carbons (Fsp3) is 0.263. The number of hydrogen-bond donors (Lipinski definition) is 0. The van der Waals surface area contributed by atoms with Gasteiger partial charge >= 0.3 is 0 Å². The van der Waals surface area contributed by atoms with Gasteiger partial charge in [-0.3, -0.25) is 4.68 Å². The summed E-state index contributed by atoms with van der Waals surface area (Å²) < 4.78 is 14.6. The van der Waals surface area contributed by atoms with Gasteiger partial charge < -0.3 is 9.26 Å². The lowest BCUT2D eigenvalue weighted by molar-refractivity contribution is 0.283. The van der Waals surface area contributed by atoms with Crippen molar-refractivity contribution < 1.29 is 9.26 Å². The maximum atomic E-state index is 6.00. The van der Waals surface area contributed by atoms with Gasteiger partial charge in [-0.25, -0.2) is 4.98 Å². The molecule has 0 aliphatic carbocycles. The van der Waals surface area contributed by atoms with Crippen molar-refractivity contribution in [3.05, 3.63) is 48.2 Å². The molecule has 29 heavy (non-hydrogen) atoms. The van der Waals surface area contributed by atoms with Crippen LogP contribution in [0.3, 0.4) is 0 Å². The standard InChI is InChI=1S/C19H18N8O2/c1-3-8-26-11-20-16(23-26)10-28-19-14-7-5-4-6-13(14)17-21-22-18(27(17)24-19)15-9-12(2)29-25-15/h4-7,9,11H,3,8,10H2,1-2H3. The Balaban J connectivity index is 1.57. The van der Waals surface area contributed by atoms with E-state index in [4.69, 9.17) is 9.26 Å². The molecule has 0 spiro atoms. The molecule has 0 atom stereocenters. The third-order valence-electron chi connectivity index (χ3n) is 4.46. The lowest BCUT2D eigenvalue weighted by Crippen LogP contribution is -2.05. The van der Waals surface area contributed by atoms with Crippen LogP contribution in [0.4, 0.5) is 0 Å². The molecule has 4 heterocycles. The zero-order valence-corrected chi connectivity index (χ0v) is 16.0. The summed E-state index contributed by atoms with van der Waals surface area (Å²) in [6, 6.07) is 9.56. The Morgan fingerprint density at radius 3 is 2.76 bits per heavy atom. The van der Waals surface area contributed by atoms with E-state index in [-0.39, 0.29) is 6.61 Å². The highest BCUT2D eigenvalue weighted by atomic mass is 16.5. The molecule has 0 fully saturated rings. The summed E-state index contributed by atoms with van der Waals surface area (Å²) in [5.41, 5.74) is 1.18. The Morgan fingerprint density at radius 2 is 1.97 bits per heavy atom. The van der Waals surface area contributed by atoms with Gasteiger partial charge in [-0.05, 0) is 19.4 Å². The number of nitrogens with zero attached hydrogens (tertiary/aromatic N) is 8. The van der Waals surface area contributed by atoms with Gasteiger partial charge in [-0.15, -0.1) is 15.3 Å². The van der Waals surface area contributed by atoms with E-state index in [0.717, 1.165) is 23.7 Å². The molecule has 10 nitrogen and oxygen atoms in total. The third-order valence-corrected chi connectivity index (χ3v) is 4.46. The topological polar surface area (TPSA) is 109 Å². The van der Waals surface area contributed by atoms with E-state index in [1.54, 1.807) is 21.6 Å². The maximum absolute atomic E-state index is 6.00. The monoisotopic (exact) mass is 390 g/mol. The van der Waals surface area contributed by atoms with Crippen molar-refractivity contribution in [1.82, 2.24) is 39.7 Å². The Bertz CT molecular complexity index is 1300. The van der Waals surface area contributed by atoms with Gasteiger partial charge in [-0.2, -0.15) is 9.61 Å². The summed E-state index contributed by atoms with van der Waals surface area (Å²) in [5, 5.41) is 23.3. The molecule has 0 bridgehead atoms. The van der Waals surface area contributed by atoms with Crippen molar-refractivity contribution in [1.29, 1.82) is 0 Å². The average molecular weight is 390 g/mol. The van der Waals surface area contributed by atoms with Crippen molar-refractivity contribution in [2.24, 2.45) is 0 Å². The van der Waals surface area contributed by atoms with Crippen molar-refractivity contribution in [2.45, 2.75) is 33.4 Å². The summed E-state index contributed by atoms with van der Waals surface area (Å²) in [7, 11) is 0. The summed E-state index contributed by atoms with van der Waals surface area (Å²) in [4.78, 5) is 4.30. The zero-order valence-electron chi connectivity index (χ0n) is 16.0. The number of hydrogen-bond acceptors (Lipinski definition) is 8. The predicted octanol–water partition coefficient (Wildman–Crippen LogP) is 2.82. The number of benzene rings is 1. The van der Waals surface area contributed by atoms with E-state index in [1.165, 1.54) is 0 Å². The van der Waals surface area contributed by atoms with Crippen LogP contribution in [0.2, 0.25) is 0 Å². The second-order valence-corrected chi connectivity index (χ2v) is 6.65. The summed E-state index contributed by atoms with van der Waals surface area (Å²) in [5.74, 6) is 2.21. The lowest BCUT2D eigenvalue weighted by atomic mass is 10.2. The first kappa shape index (κ1) is 17.3. The third kappa shape index (κ3) is 3.08. The molecule has 4 aromatic heterocycles. The second-order valence-electron chi connectivity index (χ2n) is 6.65. The molecule has 5 aromatic rings. The lowest BCUT2D eigenvalue weighted by Gasteiger charge is -2.08. The molecule has 5 rings (SSSR count). The molecule has 1 aromatic carbocycles. The second kappa shape index (κ2) is 6.97. The van der Waals surface area contributed by atoms with E-state index < -0.39 is 0 Å². The maximum Gasteiger partial charge on any atom is 0.240 e. The van der Waals surface area contributed by atoms with Crippen LogP contribution >= 0.6 is 0 Å². The van der Waals surface area contributed by atoms with Crippen molar-refractivity contribution in [2.75, 3.05) is 0 Å². The predicted molar refractivity (Wildman–Crippen MR) is 103 cm³/mol. The summed E-state index contributed by atoms with van der Waals surface area (Å²) in [6.45, 7) is 4.94. The summed E-state index contributed by atoms with van der Waals surface area (Å²) >= 11 is 0. The van der Waals surface area contributed by atoms with E-state index in [1.807, 2.05) is 31.2 Å². The molecule has 0 saturated carbocycles. The van der Waals surface area contributed by atoms with Crippen LogP contribution < -0.4 is 4.74 Å². The molecule has 0 aliphatic heterocycles. The quantitative estimate of drug-likeness (QED) is 0.435. The molecule has 0 N–H and O–H groups in total. The van der Waals surface area contributed by atoms with Gasteiger partial charge in [0.2, 0.25) is 11.7 Å². The molecule has 0 aliphatic rings. The van der Waals surface area contributed by atoms with Crippen LogP contribution in [0.15, 0.2) is 41.2 Å². The minimum absolute atomic E-state index is 0.208. The minimum Gasteiger partial charge on any atom is -0.468 e. The molecule has 146 valence electrons. The number of aromatic nitrogens is 8. The molecule has 0 amide bonds. The van der Waals surface area contributed by atoms with Gasteiger partial charge in [0.05, 0.1) is 0 Å². The van der Waals surface area contributed by atoms with Gasteiger partial charge in [0.1, 0.15) is 12.1 Å². The Kier molecular flexibility index (Phi) is 4.15. The first-order chi connectivity index (χ1) is 14.2. The largest absolute Gasteiger partial charge is 0.468 e. The summed E-state index contributed by atoms with van der Waals surface area (Å²) in [6.07, 6.45) is 2.70. The van der Waals surface area contributed by atoms with Crippen molar-refractivity contribution in [3.63, 3.8) is 0 Å². The van der Waals surface area contributed by atoms with Gasteiger partial charge in [-0.1, -0.05) is 30.3 Å². The van der Waals surface area contributed by atoms with Crippen LogP contribution in [-0.2, 0) is 13.2 Å². The van der Waals surface area contributed by atoms with Crippen molar-refractivity contribution >= 4 is 16.4 Å².